The molecule has 68 valence electrons. The normalized spacial score (nSPS) is 18.0. The van der Waals surface area contributed by atoms with Crippen molar-refractivity contribution in [2.24, 2.45) is 0 Å². The van der Waals surface area contributed by atoms with Gasteiger partial charge in [0.1, 0.15) is 0 Å². The summed E-state index contributed by atoms with van der Waals surface area (Å²) in [5.41, 5.74) is 1.34. The molecule has 14 heavy (non-hydrogen) atoms. The molecule has 0 saturated carbocycles. The molecule has 0 fully saturated rings. The van der Waals surface area contributed by atoms with Crippen molar-refractivity contribution in [1.82, 2.24) is 0 Å². The second-order valence-corrected chi connectivity index (χ2v) is 5.47. The van der Waals surface area contributed by atoms with E-state index < -0.39 is 0 Å². The first-order valence-corrected chi connectivity index (χ1v) is 6.10. The van der Waals surface area contributed by atoms with Crippen molar-refractivity contribution < 1.29 is 0 Å². The maximum Gasteiger partial charge on any atom is 0.0571 e. The van der Waals surface area contributed by atoms with Crippen molar-refractivity contribution in [2.45, 2.75) is 9.79 Å². The standard InChI is InChI=1S/C12H8S2/c1-2-6-9(5-1)12-13-10-7-3-4-8-11(10)14-12/h1-8H. The van der Waals surface area contributed by atoms with Crippen molar-refractivity contribution >= 4 is 23.5 Å². The maximum atomic E-state index is 2.18. The van der Waals surface area contributed by atoms with Gasteiger partial charge in [0.15, 0.2) is 0 Å². The predicted molar refractivity (Wildman–Crippen MR) is 63.5 cm³/mol. The summed E-state index contributed by atoms with van der Waals surface area (Å²) in [6.07, 6.45) is 8.52. The van der Waals surface area contributed by atoms with E-state index in [0.29, 0.717) is 0 Å². The Morgan fingerprint density at radius 1 is 0.786 bits per heavy atom. The Hall–Kier alpha value is -0.860. The smallest absolute Gasteiger partial charge is 0.0571 e. The van der Waals surface area contributed by atoms with Crippen molar-refractivity contribution in [3.63, 3.8) is 0 Å². The molecule has 1 heterocycles. The zero-order valence-electron chi connectivity index (χ0n) is 7.44. The minimum absolute atomic E-state index is 1.34. The van der Waals surface area contributed by atoms with Crippen molar-refractivity contribution in [3.05, 3.63) is 58.4 Å². The number of rotatable bonds is 0. The summed E-state index contributed by atoms with van der Waals surface area (Å²) in [6, 6.07) is 8.56. The minimum atomic E-state index is 1.34. The summed E-state index contributed by atoms with van der Waals surface area (Å²) in [5.74, 6) is 0. The van der Waals surface area contributed by atoms with Gasteiger partial charge in [0.25, 0.3) is 0 Å². The lowest BCUT2D eigenvalue weighted by atomic mass is 10.3. The zero-order chi connectivity index (χ0) is 9.38. The van der Waals surface area contributed by atoms with E-state index in [2.05, 4.69) is 48.6 Å². The highest BCUT2D eigenvalue weighted by atomic mass is 32.2. The molecule has 0 nitrogen and oxygen atoms in total. The third kappa shape index (κ3) is 1.35. The van der Waals surface area contributed by atoms with Gasteiger partial charge in [-0.2, -0.15) is 0 Å². The number of allylic oxidation sites excluding steroid dienone is 5. The molecule has 0 radical (unpaired) electrons. The lowest BCUT2D eigenvalue weighted by Crippen LogP contribution is -1.68. The number of benzene rings is 1. The lowest BCUT2D eigenvalue weighted by Gasteiger charge is -1.95. The first-order chi connectivity index (χ1) is 6.93. The summed E-state index contributed by atoms with van der Waals surface area (Å²) in [4.78, 5) is 2.77. The molecule has 0 spiro atoms. The topological polar surface area (TPSA) is 0 Å². The van der Waals surface area contributed by atoms with E-state index in [1.807, 2.05) is 23.5 Å². The van der Waals surface area contributed by atoms with Crippen LogP contribution in [0.15, 0.2) is 68.2 Å². The van der Waals surface area contributed by atoms with Crippen molar-refractivity contribution in [3.8, 4) is 0 Å². The van der Waals surface area contributed by atoms with Gasteiger partial charge in [0.05, 0.1) is 4.24 Å². The van der Waals surface area contributed by atoms with E-state index in [4.69, 9.17) is 0 Å². The van der Waals surface area contributed by atoms with Crippen molar-refractivity contribution in [2.75, 3.05) is 0 Å². The average molecular weight is 216 g/mol. The molecule has 0 atom stereocenters. The molecule has 1 aromatic rings. The minimum Gasteiger partial charge on any atom is -0.0809 e. The Kier molecular flexibility index (Phi) is 2.03. The molecule has 3 rings (SSSR count). The summed E-state index contributed by atoms with van der Waals surface area (Å²) in [6.45, 7) is 0. The van der Waals surface area contributed by atoms with Crippen LogP contribution < -0.4 is 0 Å². The van der Waals surface area contributed by atoms with E-state index in [9.17, 15) is 0 Å². The average Bonchev–Trinajstić information content (AvgIpc) is 2.86. The Morgan fingerprint density at radius 2 is 1.36 bits per heavy atom. The number of hydrogen-bond donors (Lipinski definition) is 0. The van der Waals surface area contributed by atoms with E-state index in [1.165, 1.54) is 19.6 Å². The van der Waals surface area contributed by atoms with Crippen LogP contribution in [-0.2, 0) is 0 Å². The number of thioether (sulfide) groups is 2. The second-order valence-electron chi connectivity index (χ2n) is 3.11. The van der Waals surface area contributed by atoms with Crippen LogP contribution in [-0.4, -0.2) is 0 Å². The van der Waals surface area contributed by atoms with Crippen LogP contribution in [0.1, 0.15) is 0 Å². The van der Waals surface area contributed by atoms with E-state index >= 15 is 0 Å². The van der Waals surface area contributed by atoms with Crippen molar-refractivity contribution in [1.29, 1.82) is 0 Å². The SMILES string of the molecule is C1=CC(=C2Sc3ccccc3S2)C=C1. The number of fused-ring (bicyclic) bond motifs is 1. The fourth-order valence-corrected chi connectivity index (χ4v) is 3.96. The van der Waals surface area contributed by atoms with Gasteiger partial charge in [0.2, 0.25) is 0 Å². The summed E-state index contributed by atoms with van der Waals surface area (Å²) >= 11 is 3.75. The third-order valence-corrected chi connectivity index (χ3v) is 4.78. The second kappa shape index (κ2) is 3.37. The Morgan fingerprint density at radius 3 is 1.93 bits per heavy atom. The fraction of sp³-hybridized carbons (Fsp3) is 0. The van der Waals surface area contributed by atoms with Crippen LogP contribution in [0, 0.1) is 0 Å². The Labute approximate surface area is 91.8 Å². The molecule has 2 aliphatic rings. The Bertz CT molecular complexity index is 426. The predicted octanol–water partition coefficient (Wildman–Crippen LogP) is 4.22. The lowest BCUT2D eigenvalue weighted by molar-refractivity contribution is 1.27. The Balaban J connectivity index is 2.03. The van der Waals surface area contributed by atoms with Gasteiger partial charge in [-0.1, -0.05) is 60.0 Å². The van der Waals surface area contributed by atoms with Crippen LogP contribution in [0.5, 0.6) is 0 Å². The largest absolute Gasteiger partial charge is 0.0809 e. The molecule has 0 bridgehead atoms. The van der Waals surface area contributed by atoms with Crippen LogP contribution in [0.4, 0.5) is 0 Å². The molecule has 2 heteroatoms. The highest BCUT2D eigenvalue weighted by Gasteiger charge is 2.18. The highest BCUT2D eigenvalue weighted by molar-refractivity contribution is 8.24. The monoisotopic (exact) mass is 216 g/mol. The molecule has 1 aliphatic heterocycles. The summed E-state index contributed by atoms with van der Waals surface area (Å²) in [7, 11) is 0. The molecular weight excluding hydrogens is 208 g/mol. The summed E-state index contributed by atoms with van der Waals surface area (Å²) < 4.78 is 1.40. The molecule has 0 unspecified atom stereocenters. The first-order valence-electron chi connectivity index (χ1n) is 4.47. The van der Waals surface area contributed by atoms with Crippen LogP contribution in [0.25, 0.3) is 0 Å². The van der Waals surface area contributed by atoms with E-state index in [0.717, 1.165) is 0 Å². The fourth-order valence-electron chi connectivity index (χ4n) is 1.47. The zero-order valence-corrected chi connectivity index (χ0v) is 9.07. The summed E-state index contributed by atoms with van der Waals surface area (Å²) in [5, 5.41) is 0. The van der Waals surface area contributed by atoms with Gasteiger partial charge >= 0.3 is 0 Å². The van der Waals surface area contributed by atoms with Gasteiger partial charge in [0, 0.05) is 9.79 Å². The van der Waals surface area contributed by atoms with Crippen LogP contribution in [0.2, 0.25) is 0 Å². The first kappa shape index (κ1) is 8.45. The molecule has 1 aromatic carbocycles. The molecule has 0 N–H and O–H groups in total. The third-order valence-electron chi connectivity index (χ3n) is 2.15. The molecule has 0 amide bonds. The maximum absolute atomic E-state index is 2.18. The van der Waals surface area contributed by atoms with Crippen LogP contribution >= 0.6 is 23.5 Å². The number of hydrogen-bond acceptors (Lipinski definition) is 2. The van der Waals surface area contributed by atoms with Gasteiger partial charge in [-0.3, -0.25) is 0 Å². The van der Waals surface area contributed by atoms with Gasteiger partial charge in [-0.05, 0) is 17.7 Å². The molecule has 0 saturated heterocycles. The molecular formula is C12H8S2. The quantitative estimate of drug-likeness (QED) is 0.636. The van der Waals surface area contributed by atoms with Gasteiger partial charge < -0.3 is 0 Å². The van der Waals surface area contributed by atoms with Gasteiger partial charge in [-0.15, -0.1) is 0 Å². The highest BCUT2D eigenvalue weighted by Crippen LogP contribution is 2.52. The van der Waals surface area contributed by atoms with E-state index in [1.54, 1.807) is 0 Å². The molecule has 1 aliphatic carbocycles. The van der Waals surface area contributed by atoms with Crippen LogP contribution in [0.3, 0.4) is 0 Å². The van der Waals surface area contributed by atoms with E-state index in [-0.39, 0.29) is 0 Å². The molecule has 0 aromatic heterocycles. The van der Waals surface area contributed by atoms with Gasteiger partial charge in [-0.25, -0.2) is 0 Å².